The lowest BCUT2D eigenvalue weighted by Gasteiger charge is -2.37. The third kappa shape index (κ3) is 5.76. The highest BCUT2D eigenvalue weighted by Crippen LogP contribution is 2.25. The molecule has 5 heteroatoms. The van der Waals surface area contributed by atoms with Gasteiger partial charge in [0.25, 0.3) is 0 Å². The van der Waals surface area contributed by atoms with Gasteiger partial charge in [-0.2, -0.15) is 0 Å². The molecule has 4 nitrogen and oxygen atoms in total. The van der Waals surface area contributed by atoms with Gasteiger partial charge < -0.3 is 9.64 Å². The number of ether oxygens (including phenoxy) is 1. The number of carbonyl (C=O) groups excluding carboxylic acids is 1. The second-order valence-corrected chi connectivity index (χ2v) is 8.22. The summed E-state index contributed by atoms with van der Waals surface area (Å²) in [5.74, 6) is 0.368. The van der Waals surface area contributed by atoms with Crippen molar-refractivity contribution in [3.8, 4) is 0 Å². The number of hydrogen-bond acceptors (Lipinski definition) is 4. The first-order valence-electron chi connectivity index (χ1n) is 6.26. The Labute approximate surface area is 114 Å². The van der Waals surface area contributed by atoms with E-state index < -0.39 is 5.60 Å². The standard InChI is InChI=1S/C13H24N2O2S/c1-12(2,3)17-11(16)15-8-10(9-15)7-14-18-13(4,5)6/h7,10H,8-9H2,1-6H3. The summed E-state index contributed by atoms with van der Waals surface area (Å²) in [5, 5.41) is 0. The second-order valence-electron chi connectivity index (χ2n) is 6.60. The fraction of sp³-hybridized carbons (Fsp3) is 0.846. The van der Waals surface area contributed by atoms with Crippen LogP contribution in [0.2, 0.25) is 0 Å². The van der Waals surface area contributed by atoms with Crippen molar-refractivity contribution in [2.24, 2.45) is 10.3 Å². The van der Waals surface area contributed by atoms with E-state index in [2.05, 4.69) is 25.2 Å². The number of amides is 1. The van der Waals surface area contributed by atoms with Crippen LogP contribution >= 0.6 is 11.9 Å². The van der Waals surface area contributed by atoms with Gasteiger partial charge in [0.2, 0.25) is 0 Å². The van der Waals surface area contributed by atoms with E-state index in [0.29, 0.717) is 19.0 Å². The molecule has 0 aliphatic carbocycles. The Hall–Kier alpha value is -0.710. The molecule has 0 bridgehead atoms. The minimum Gasteiger partial charge on any atom is -0.444 e. The van der Waals surface area contributed by atoms with Gasteiger partial charge in [0.1, 0.15) is 5.60 Å². The first-order chi connectivity index (χ1) is 8.07. The van der Waals surface area contributed by atoms with Gasteiger partial charge in [0.05, 0.1) is 0 Å². The molecule has 1 aliphatic rings. The highest BCUT2D eigenvalue weighted by Gasteiger charge is 2.32. The molecular formula is C13H24N2O2S. The first-order valence-corrected chi connectivity index (χ1v) is 7.04. The summed E-state index contributed by atoms with van der Waals surface area (Å²) in [7, 11) is 0. The molecule has 1 fully saturated rings. The van der Waals surface area contributed by atoms with Crippen LogP contribution in [-0.2, 0) is 4.74 Å². The molecule has 1 saturated heterocycles. The monoisotopic (exact) mass is 272 g/mol. The third-order valence-electron chi connectivity index (χ3n) is 2.16. The molecular weight excluding hydrogens is 248 g/mol. The highest BCUT2D eigenvalue weighted by molar-refractivity contribution is 7.99. The molecule has 104 valence electrons. The normalized spacial score (nSPS) is 18.0. The maximum absolute atomic E-state index is 11.7. The largest absolute Gasteiger partial charge is 0.444 e. The number of hydrogen-bond donors (Lipinski definition) is 0. The Morgan fingerprint density at radius 3 is 2.28 bits per heavy atom. The highest BCUT2D eigenvalue weighted by atomic mass is 32.2. The number of likely N-dealkylation sites (tertiary alicyclic amines) is 1. The van der Waals surface area contributed by atoms with Crippen LogP contribution in [0.3, 0.4) is 0 Å². The molecule has 1 heterocycles. The third-order valence-corrected chi connectivity index (χ3v) is 2.93. The Morgan fingerprint density at radius 1 is 1.28 bits per heavy atom. The van der Waals surface area contributed by atoms with Gasteiger partial charge in [-0.1, -0.05) is 0 Å². The van der Waals surface area contributed by atoms with Gasteiger partial charge in [-0.3, -0.25) is 0 Å². The second kappa shape index (κ2) is 5.51. The van der Waals surface area contributed by atoms with Crippen molar-refractivity contribution in [1.29, 1.82) is 0 Å². The topological polar surface area (TPSA) is 41.9 Å². The fourth-order valence-corrected chi connectivity index (χ4v) is 1.91. The molecule has 0 aromatic rings. The van der Waals surface area contributed by atoms with Crippen LogP contribution in [0.4, 0.5) is 4.79 Å². The van der Waals surface area contributed by atoms with Crippen LogP contribution in [0.15, 0.2) is 4.40 Å². The molecule has 0 saturated carbocycles. The minimum atomic E-state index is -0.418. The molecule has 1 rings (SSSR count). The molecule has 1 aliphatic heterocycles. The van der Waals surface area contributed by atoms with Crippen molar-refractivity contribution in [3.63, 3.8) is 0 Å². The van der Waals surface area contributed by atoms with Crippen molar-refractivity contribution in [3.05, 3.63) is 0 Å². The quantitative estimate of drug-likeness (QED) is 0.571. The summed E-state index contributed by atoms with van der Waals surface area (Å²) < 4.78 is 9.78. The lowest BCUT2D eigenvalue weighted by Crippen LogP contribution is -2.52. The maximum atomic E-state index is 11.7. The van der Waals surface area contributed by atoms with E-state index in [1.807, 2.05) is 27.0 Å². The molecule has 0 unspecified atom stereocenters. The predicted octanol–water partition coefficient (Wildman–Crippen LogP) is 3.37. The lowest BCUT2D eigenvalue weighted by atomic mass is 10.0. The van der Waals surface area contributed by atoms with Gasteiger partial charge in [-0.05, 0) is 53.5 Å². The van der Waals surface area contributed by atoms with E-state index in [9.17, 15) is 4.79 Å². The Kier molecular flexibility index (Phi) is 4.70. The summed E-state index contributed by atoms with van der Waals surface area (Å²) in [4.78, 5) is 13.4. The van der Waals surface area contributed by atoms with Crippen LogP contribution < -0.4 is 0 Å². The van der Waals surface area contributed by atoms with Crippen LogP contribution in [0.1, 0.15) is 41.5 Å². The lowest BCUT2D eigenvalue weighted by molar-refractivity contribution is 0.00740. The maximum Gasteiger partial charge on any atom is 0.410 e. The van der Waals surface area contributed by atoms with Crippen LogP contribution in [0.5, 0.6) is 0 Å². The van der Waals surface area contributed by atoms with Gasteiger partial charge in [-0.15, -0.1) is 0 Å². The fourth-order valence-electron chi connectivity index (χ4n) is 1.36. The molecule has 0 N–H and O–H groups in total. The summed E-state index contributed by atoms with van der Waals surface area (Å²) in [6, 6.07) is 0. The predicted molar refractivity (Wildman–Crippen MR) is 77.1 cm³/mol. The Bertz CT molecular complexity index is 323. The van der Waals surface area contributed by atoms with E-state index in [1.54, 1.807) is 16.8 Å². The van der Waals surface area contributed by atoms with Crippen molar-refractivity contribution in [2.75, 3.05) is 13.1 Å². The average molecular weight is 272 g/mol. The Balaban J connectivity index is 2.26. The van der Waals surface area contributed by atoms with E-state index in [0.717, 1.165) is 0 Å². The average Bonchev–Trinajstić information content (AvgIpc) is 2.03. The van der Waals surface area contributed by atoms with Crippen molar-refractivity contribution in [2.45, 2.75) is 51.9 Å². The SMILES string of the molecule is CC(C)(C)OC(=O)N1CC(C=NSC(C)(C)C)C1. The minimum absolute atomic E-state index is 0.144. The van der Waals surface area contributed by atoms with E-state index in [1.165, 1.54) is 0 Å². The zero-order chi connectivity index (χ0) is 14.0. The van der Waals surface area contributed by atoms with E-state index in [-0.39, 0.29) is 10.8 Å². The van der Waals surface area contributed by atoms with E-state index >= 15 is 0 Å². The van der Waals surface area contributed by atoms with E-state index in [4.69, 9.17) is 4.74 Å². The summed E-state index contributed by atoms with van der Waals surface area (Å²) in [5.41, 5.74) is -0.418. The number of carbonyl (C=O) groups is 1. The summed E-state index contributed by atoms with van der Waals surface area (Å²) >= 11 is 1.57. The van der Waals surface area contributed by atoms with Crippen molar-refractivity contribution >= 4 is 24.3 Å². The molecule has 0 radical (unpaired) electrons. The van der Waals surface area contributed by atoms with Crippen molar-refractivity contribution in [1.82, 2.24) is 4.90 Å². The van der Waals surface area contributed by atoms with Crippen LogP contribution in [0, 0.1) is 5.92 Å². The molecule has 0 aromatic carbocycles. The summed E-state index contributed by atoms with van der Waals surface area (Å²) in [6.45, 7) is 13.4. The van der Waals surface area contributed by atoms with Gasteiger partial charge in [-0.25, -0.2) is 9.19 Å². The van der Waals surface area contributed by atoms with Gasteiger partial charge in [0.15, 0.2) is 0 Å². The van der Waals surface area contributed by atoms with Gasteiger partial charge >= 0.3 is 6.09 Å². The zero-order valence-corrected chi connectivity index (χ0v) is 13.0. The molecule has 0 atom stereocenters. The zero-order valence-electron chi connectivity index (χ0n) is 12.2. The first kappa shape index (κ1) is 15.3. The smallest absolute Gasteiger partial charge is 0.410 e. The number of nitrogens with zero attached hydrogens (tertiary/aromatic N) is 2. The molecule has 1 amide bonds. The molecule has 18 heavy (non-hydrogen) atoms. The van der Waals surface area contributed by atoms with Crippen LogP contribution in [0.25, 0.3) is 0 Å². The Morgan fingerprint density at radius 2 is 1.83 bits per heavy atom. The molecule has 0 aromatic heterocycles. The molecule has 0 spiro atoms. The van der Waals surface area contributed by atoms with Gasteiger partial charge in [0, 0.05) is 30.0 Å². The number of rotatable bonds is 2. The van der Waals surface area contributed by atoms with Crippen LogP contribution in [-0.4, -0.2) is 40.6 Å². The van der Waals surface area contributed by atoms with Crippen molar-refractivity contribution < 1.29 is 9.53 Å². The summed E-state index contributed by atoms with van der Waals surface area (Å²) in [6.07, 6.45) is 1.71.